The summed E-state index contributed by atoms with van der Waals surface area (Å²) in [4.78, 5) is 7.92. The van der Waals surface area contributed by atoms with E-state index in [0.717, 1.165) is 29.4 Å². The van der Waals surface area contributed by atoms with Crippen LogP contribution in [0.2, 0.25) is 10.0 Å². The van der Waals surface area contributed by atoms with Gasteiger partial charge in [-0.05, 0) is 59.2 Å². The van der Waals surface area contributed by atoms with Gasteiger partial charge >= 0.3 is 0 Å². The van der Waals surface area contributed by atoms with Gasteiger partial charge in [-0.2, -0.15) is 0 Å². The van der Waals surface area contributed by atoms with Crippen molar-refractivity contribution in [2.45, 2.75) is 44.4 Å². The third-order valence-electron chi connectivity index (χ3n) is 6.50. The first-order valence-electron chi connectivity index (χ1n) is 11.3. The fraction of sp³-hybridized carbons (Fsp3) is 0.250. The highest BCUT2D eigenvalue weighted by Gasteiger charge is 2.15. The van der Waals surface area contributed by atoms with Crippen LogP contribution in [0.3, 0.4) is 0 Å². The van der Waals surface area contributed by atoms with E-state index in [9.17, 15) is 0 Å². The lowest BCUT2D eigenvalue weighted by molar-refractivity contribution is 0.443. The molecule has 1 saturated carbocycles. The van der Waals surface area contributed by atoms with Gasteiger partial charge in [-0.25, -0.2) is 4.98 Å². The average Bonchev–Trinajstić information content (AvgIpc) is 3.28. The summed E-state index contributed by atoms with van der Waals surface area (Å²) in [6, 6.07) is 23.5. The Kier molecular flexibility index (Phi) is 6.34. The molecule has 1 aromatic heterocycles. The zero-order chi connectivity index (χ0) is 21.9. The van der Waals surface area contributed by atoms with E-state index in [2.05, 4.69) is 58.5 Å². The lowest BCUT2D eigenvalue weighted by Crippen LogP contribution is -2.04. The Labute approximate surface area is 199 Å². The van der Waals surface area contributed by atoms with Crippen molar-refractivity contribution in [2.24, 2.45) is 0 Å². The number of aromatic nitrogens is 2. The number of nitrogens with zero attached hydrogens (tertiary/aromatic N) is 1. The molecule has 2 nitrogen and oxygen atoms in total. The normalized spacial score (nSPS) is 14.6. The maximum absolute atomic E-state index is 6.33. The summed E-state index contributed by atoms with van der Waals surface area (Å²) in [6.07, 6.45) is 9.39. The Balaban J connectivity index is 1.27. The predicted molar refractivity (Wildman–Crippen MR) is 135 cm³/mol. The van der Waals surface area contributed by atoms with Gasteiger partial charge in [0.1, 0.15) is 5.82 Å². The third kappa shape index (κ3) is 4.77. The van der Waals surface area contributed by atoms with Gasteiger partial charge in [0, 0.05) is 17.0 Å². The third-order valence-corrected chi connectivity index (χ3v) is 7.04. The van der Waals surface area contributed by atoms with Crippen LogP contribution < -0.4 is 0 Å². The second-order valence-corrected chi connectivity index (χ2v) is 9.54. The van der Waals surface area contributed by atoms with Gasteiger partial charge in [0.15, 0.2) is 0 Å². The first-order chi connectivity index (χ1) is 15.7. The van der Waals surface area contributed by atoms with Crippen LogP contribution in [-0.2, 0) is 6.42 Å². The van der Waals surface area contributed by atoms with Crippen molar-refractivity contribution < 1.29 is 0 Å². The molecule has 0 saturated heterocycles. The van der Waals surface area contributed by atoms with Crippen LogP contribution in [0.25, 0.3) is 22.4 Å². The molecule has 32 heavy (non-hydrogen) atoms. The van der Waals surface area contributed by atoms with E-state index in [1.165, 1.54) is 54.4 Å². The summed E-state index contributed by atoms with van der Waals surface area (Å²) in [7, 11) is 0. The standard InChI is InChI=1S/C28H26Cl2N2/c29-24-14-15-25(26(30)17-24)27-18-31-28(32-27)16-19-6-8-21(9-7-19)23-12-10-22(11-13-23)20-4-2-1-3-5-20/h6-15,17-18,20H,1-5,16H2,(H,31,32). The van der Waals surface area contributed by atoms with Crippen molar-refractivity contribution in [3.63, 3.8) is 0 Å². The Hall–Kier alpha value is -2.55. The molecule has 4 heteroatoms. The molecule has 1 N–H and O–H groups in total. The first kappa shape index (κ1) is 21.3. The van der Waals surface area contributed by atoms with E-state index in [4.69, 9.17) is 23.2 Å². The molecular formula is C28H26Cl2N2. The van der Waals surface area contributed by atoms with Gasteiger partial charge in [-0.1, -0.05) is 91.0 Å². The molecule has 5 rings (SSSR count). The van der Waals surface area contributed by atoms with Crippen molar-refractivity contribution in [1.29, 1.82) is 0 Å². The Bertz CT molecular complexity index is 1190. The van der Waals surface area contributed by atoms with Crippen molar-refractivity contribution in [2.75, 3.05) is 0 Å². The summed E-state index contributed by atoms with van der Waals surface area (Å²) < 4.78 is 0. The Morgan fingerprint density at radius 3 is 2.19 bits per heavy atom. The molecule has 0 radical (unpaired) electrons. The highest BCUT2D eigenvalue weighted by atomic mass is 35.5. The van der Waals surface area contributed by atoms with Gasteiger partial charge in [0.25, 0.3) is 0 Å². The molecule has 0 spiro atoms. The molecule has 1 aliphatic rings. The van der Waals surface area contributed by atoms with Crippen LogP contribution in [0.5, 0.6) is 0 Å². The van der Waals surface area contributed by atoms with Gasteiger partial charge in [-0.15, -0.1) is 0 Å². The summed E-state index contributed by atoms with van der Waals surface area (Å²) in [5.74, 6) is 1.66. The zero-order valence-corrected chi connectivity index (χ0v) is 19.5. The number of benzene rings is 3. The van der Waals surface area contributed by atoms with Crippen molar-refractivity contribution in [3.05, 3.63) is 99.9 Å². The summed E-state index contributed by atoms with van der Waals surface area (Å²) in [6.45, 7) is 0. The minimum absolute atomic E-state index is 0.617. The van der Waals surface area contributed by atoms with Gasteiger partial charge in [0.05, 0.1) is 16.9 Å². The Morgan fingerprint density at radius 1 is 0.812 bits per heavy atom. The van der Waals surface area contributed by atoms with Crippen LogP contribution in [0.4, 0.5) is 0 Å². The average molecular weight is 461 g/mol. The summed E-state index contributed by atoms with van der Waals surface area (Å²) in [5.41, 5.74) is 7.04. The van der Waals surface area contributed by atoms with E-state index < -0.39 is 0 Å². The van der Waals surface area contributed by atoms with E-state index in [1.54, 1.807) is 6.07 Å². The molecule has 3 aromatic carbocycles. The quantitative estimate of drug-likeness (QED) is 0.316. The zero-order valence-electron chi connectivity index (χ0n) is 18.0. The minimum atomic E-state index is 0.617. The fourth-order valence-corrected chi connectivity index (χ4v) is 5.20. The number of H-pyrrole nitrogens is 1. The molecule has 0 amide bonds. The lowest BCUT2D eigenvalue weighted by Gasteiger charge is -2.22. The molecule has 0 unspecified atom stereocenters. The number of rotatable bonds is 5. The predicted octanol–water partition coefficient (Wildman–Crippen LogP) is 8.69. The molecule has 0 atom stereocenters. The maximum atomic E-state index is 6.33. The van der Waals surface area contributed by atoms with E-state index in [-0.39, 0.29) is 0 Å². The van der Waals surface area contributed by atoms with E-state index in [0.29, 0.717) is 10.0 Å². The first-order valence-corrected chi connectivity index (χ1v) is 12.1. The lowest BCUT2D eigenvalue weighted by atomic mass is 9.84. The van der Waals surface area contributed by atoms with Crippen LogP contribution in [0, 0.1) is 0 Å². The number of nitrogens with one attached hydrogen (secondary N) is 1. The molecular weight excluding hydrogens is 435 g/mol. The molecule has 0 bridgehead atoms. The monoisotopic (exact) mass is 460 g/mol. The number of hydrogen-bond acceptors (Lipinski definition) is 1. The number of aromatic amines is 1. The van der Waals surface area contributed by atoms with Crippen LogP contribution in [0.15, 0.2) is 72.9 Å². The van der Waals surface area contributed by atoms with Crippen molar-refractivity contribution in [3.8, 4) is 22.4 Å². The molecule has 0 aliphatic heterocycles. The highest BCUT2D eigenvalue weighted by molar-refractivity contribution is 6.36. The highest BCUT2D eigenvalue weighted by Crippen LogP contribution is 2.34. The van der Waals surface area contributed by atoms with Gasteiger partial charge in [0.2, 0.25) is 0 Å². The Morgan fingerprint density at radius 2 is 1.50 bits per heavy atom. The van der Waals surface area contributed by atoms with E-state index in [1.807, 2.05) is 18.3 Å². The fourth-order valence-electron chi connectivity index (χ4n) is 4.69. The van der Waals surface area contributed by atoms with Crippen LogP contribution in [0.1, 0.15) is 55.0 Å². The van der Waals surface area contributed by atoms with Crippen LogP contribution in [-0.4, -0.2) is 9.97 Å². The largest absolute Gasteiger partial charge is 0.342 e. The minimum Gasteiger partial charge on any atom is -0.342 e. The molecule has 1 heterocycles. The van der Waals surface area contributed by atoms with Crippen LogP contribution >= 0.6 is 23.2 Å². The number of hydrogen-bond donors (Lipinski definition) is 1. The summed E-state index contributed by atoms with van der Waals surface area (Å²) in [5, 5.41) is 1.24. The second kappa shape index (κ2) is 9.52. The maximum Gasteiger partial charge on any atom is 0.110 e. The molecule has 162 valence electrons. The topological polar surface area (TPSA) is 28.7 Å². The second-order valence-electron chi connectivity index (χ2n) is 8.70. The SMILES string of the molecule is Clc1ccc(-c2cnc(Cc3ccc(-c4ccc(C5CCCCC5)cc4)cc3)[nH]2)c(Cl)c1. The van der Waals surface area contributed by atoms with Gasteiger partial charge in [-0.3, -0.25) is 0 Å². The molecule has 4 aromatic rings. The van der Waals surface area contributed by atoms with Crippen molar-refractivity contribution >= 4 is 23.2 Å². The van der Waals surface area contributed by atoms with E-state index >= 15 is 0 Å². The number of imidazole rings is 1. The molecule has 1 aliphatic carbocycles. The molecule has 1 fully saturated rings. The summed E-state index contributed by atoms with van der Waals surface area (Å²) >= 11 is 12.3. The smallest absolute Gasteiger partial charge is 0.110 e. The van der Waals surface area contributed by atoms with Gasteiger partial charge < -0.3 is 4.98 Å². The van der Waals surface area contributed by atoms with Crippen molar-refractivity contribution in [1.82, 2.24) is 9.97 Å². The number of halogens is 2.